The van der Waals surface area contributed by atoms with Crippen molar-refractivity contribution in [2.24, 2.45) is 0 Å². The van der Waals surface area contributed by atoms with Crippen molar-refractivity contribution in [1.29, 1.82) is 5.26 Å². The summed E-state index contributed by atoms with van der Waals surface area (Å²) in [4.78, 5) is 12.2. The summed E-state index contributed by atoms with van der Waals surface area (Å²) < 4.78 is 1.60. The number of aryl methyl sites for hydroxylation is 1. The van der Waals surface area contributed by atoms with Crippen LogP contribution in [-0.2, 0) is 11.2 Å². The van der Waals surface area contributed by atoms with Gasteiger partial charge < -0.3 is 10.4 Å². The lowest BCUT2D eigenvalue weighted by Gasteiger charge is -2.06. The molecular formula is C19H16I2N2O2. The standard InChI is InChI=1S/C19H16I2N2O2/c20-16-10-14(18(24)17(21)11-16)9-15(12-22)19(25)23-8-4-7-13-5-2-1-3-6-13/h1-3,5-6,9-11,24H,4,7-8H2,(H,23,25)/b15-9-. The smallest absolute Gasteiger partial charge is 0.261 e. The third-order valence-electron chi connectivity index (χ3n) is 3.49. The number of phenolic OH excluding ortho intramolecular Hbond substituents is 1. The Morgan fingerprint density at radius 3 is 2.64 bits per heavy atom. The maximum Gasteiger partial charge on any atom is 0.261 e. The second-order valence-corrected chi connectivity index (χ2v) is 7.75. The number of hydrogen-bond donors (Lipinski definition) is 2. The summed E-state index contributed by atoms with van der Waals surface area (Å²) in [5, 5.41) is 22.1. The molecule has 0 unspecified atom stereocenters. The molecule has 0 aliphatic heterocycles. The normalized spacial score (nSPS) is 11.0. The number of aromatic hydroxyl groups is 1. The van der Waals surface area contributed by atoms with E-state index in [0.717, 1.165) is 16.4 Å². The maximum absolute atomic E-state index is 12.2. The van der Waals surface area contributed by atoms with Gasteiger partial charge in [0.2, 0.25) is 0 Å². The van der Waals surface area contributed by atoms with Crippen LogP contribution in [0.2, 0.25) is 0 Å². The summed E-state index contributed by atoms with van der Waals surface area (Å²) in [5.74, 6) is -0.352. The van der Waals surface area contributed by atoms with E-state index in [4.69, 9.17) is 0 Å². The van der Waals surface area contributed by atoms with Crippen molar-refractivity contribution >= 4 is 57.2 Å². The van der Waals surface area contributed by atoms with Gasteiger partial charge in [0.25, 0.3) is 5.91 Å². The monoisotopic (exact) mass is 558 g/mol. The van der Waals surface area contributed by atoms with Crippen LogP contribution in [0.4, 0.5) is 0 Å². The van der Waals surface area contributed by atoms with Crippen molar-refractivity contribution in [2.75, 3.05) is 6.54 Å². The quantitative estimate of drug-likeness (QED) is 0.241. The zero-order chi connectivity index (χ0) is 18.2. The lowest BCUT2D eigenvalue weighted by Crippen LogP contribution is -2.25. The number of halogens is 2. The highest BCUT2D eigenvalue weighted by atomic mass is 127. The summed E-state index contributed by atoms with van der Waals surface area (Å²) >= 11 is 4.15. The molecule has 4 nitrogen and oxygen atoms in total. The Bertz CT molecular complexity index is 827. The lowest BCUT2D eigenvalue weighted by atomic mass is 10.1. The number of carbonyl (C=O) groups excluding carboxylic acids is 1. The third kappa shape index (κ3) is 6.01. The molecule has 0 aliphatic carbocycles. The van der Waals surface area contributed by atoms with E-state index >= 15 is 0 Å². The Labute approximate surface area is 174 Å². The summed E-state index contributed by atoms with van der Waals surface area (Å²) in [6, 6.07) is 15.5. The highest BCUT2D eigenvalue weighted by Gasteiger charge is 2.12. The number of nitrogens with zero attached hydrogens (tertiary/aromatic N) is 1. The highest BCUT2D eigenvalue weighted by molar-refractivity contribution is 14.1. The molecule has 2 rings (SSSR count). The lowest BCUT2D eigenvalue weighted by molar-refractivity contribution is -0.117. The van der Waals surface area contributed by atoms with Crippen LogP contribution < -0.4 is 5.32 Å². The Morgan fingerprint density at radius 1 is 1.24 bits per heavy atom. The van der Waals surface area contributed by atoms with Crippen molar-refractivity contribution in [2.45, 2.75) is 12.8 Å². The minimum Gasteiger partial charge on any atom is -0.506 e. The predicted molar refractivity (Wildman–Crippen MR) is 115 cm³/mol. The summed E-state index contributed by atoms with van der Waals surface area (Å²) in [6.45, 7) is 0.489. The van der Waals surface area contributed by atoms with Gasteiger partial charge in [0, 0.05) is 15.7 Å². The van der Waals surface area contributed by atoms with Crippen molar-refractivity contribution in [1.82, 2.24) is 5.32 Å². The van der Waals surface area contributed by atoms with Gasteiger partial charge in [-0.2, -0.15) is 5.26 Å². The zero-order valence-electron chi connectivity index (χ0n) is 13.3. The molecule has 6 heteroatoms. The van der Waals surface area contributed by atoms with Crippen LogP contribution in [0.15, 0.2) is 48.0 Å². The second-order valence-electron chi connectivity index (χ2n) is 5.34. The number of amides is 1. The van der Waals surface area contributed by atoms with E-state index < -0.39 is 5.91 Å². The molecule has 0 radical (unpaired) electrons. The van der Waals surface area contributed by atoms with Gasteiger partial charge in [0.15, 0.2) is 0 Å². The molecular weight excluding hydrogens is 542 g/mol. The molecule has 2 aromatic carbocycles. The Hall–Kier alpha value is -1.60. The fourth-order valence-electron chi connectivity index (χ4n) is 2.23. The van der Waals surface area contributed by atoms with Crippen LogP contribution in [0.3, 0.4) is 0 Å². The fourth-order valence-corrected chi connectivity index (χ4v) is 4.12. The van der Waals surface area contributed by atoms with E-state index in [1.54, 1.807) is 6.07 Å². The zero-order valence-corrected chi connectivity index (χ0v) is 17.6. The molecule has 0 bridgehead atoms. The van der Waals surface area contributed by atoms with Crippen molar-refractivity contribution < 1.29 is 9.90 Å². The van der Waals surface area contributed by atoms with E-state index in [2.05, 4.69) is 27.9 Å². The number of hydrogen-bond acceptors (Lipinski definition) is 3. The minimum absolute atomic E-state index is 0.0205. The third-order valence-corrected chi connectivity index (χ3v) is 4.94. The summed E-state index contributed by atoms with van der Waals surface area (Å²) in [7, 11) is 0. The Kier molecular flexibility index (Phi) is 7.71. The highest BCUT2D eigenvalue weighted by Crippen LogP contribution is 2.28. The van der Waals surface area contributed by atoms with Crippen LogP contribution in [0.5, 0.6) is 5.75 Å². The van der Waals surface area contributed by atoms with E-state index in [-0.39, 0.29) is 11.3 Å². The molecule has 128 valence electrons. The molecule has 2 N–H and O–H groups in total. The van der Waals surface area contributed by atoms with Gasteiger partial charge in [-0.05, 0) is 81.8 Å². The van der Waals surface area contributed by atoms with Crippen molar-refractivity contribution in [3.05, 3.63) is 66.3 Å². The number of nitrogens with one attached hydrogen (secondary N) is 1. The van der Waals surface area contributed by atoms with Crippen LogP contribution in [0.1, 0.15) is 17.5 Å². The van der Waals surface area contributed by atoms with Gasteiger partial charge in [-0.25, -0.2) is 0 Å². The average molecular weight is 558 g/mol. The molecule has 0 aromatic heterocycles. The van der Waals surface area contributed by atoms with Crippen LogP contribution in [-0.4, -0.2) is 17.6 Å². The molecule has 0 spiro atoms. The average Bonchev–Trinajstić information content (AvgIpc) is 2.61. The minimum atomic E-state index is -0.427. The van der Waals surface area contributed by atoms with Gasteiger partial charge >= 0.3 is 0 Å². The van der Waals surface area contributed by atoms with Crippen LogP contribution >= 0.6 is 45.2 Å². The molecule has 0 aliphatic rings. The predicted octanol–water partition coefficient (Wildman–Crippen LogP) is 4.26. The molecule has 0 fully saturated rings. The first kappa shape index (κ1) is 19.7. The van der Waals surface area contributed by atoms with E-state index in [1.165, 1.54) is 11.6 Å². The number of nitriles is 1. The first-order valence-corrected chi connectivity index (χ1v) is 9.79. The second kappa shape index (κ2) is 9.77. The first-order chi connectivity index (χ1) is 12.0. The molecule has 25 heavy (non-hydrogen) atoms. The fraction of sp³-hybridized carbons (Fsp3) is 0.158. The van der Waals surface area contributed by atoms with Crippen LogP contribution in [0, 0.1) is 18.5 Å². The summed E-state index contributed by atoms with van der Waals surface area (Å²) in [5.41, 5.74) is 1.66. The number of phenols is 1. The van der Waals surface area contributed by atoms with Gasteiger partial charge in [-0.15, -0.1) is 0 Å². The van der Waals surface area contributed by atoms with Gasteiger partial charge in [0.05, 0.1) is 3.57 Å². The molecule has 0 heterocycles. The number of benzene rings is 2. The van der Waals surface area contributed by atoms with E-state index in [9.17, 15) is 15.2 Å². The molecule has 0 saturated carbocycles. The maximum atomic E-state index is 12.2. The SMILES string of the molecule is N#C/C(=C/c1cc(I)cc(I)c1O)C(=O)NCCCc1ccccc1. The van der Waals surface area contributed by atoms with Gasteiger partial charge in [-0.3, -0.25) is 4.79 Å². The molecule has 0 saturated heterocycles. The number of carbonyl (C=O) groups is 1. The molecule has 0 atom stereocenters. The Balaban J connectivity index is 1.98. The number of rotatable bonds is 6. The topological polar surface area (TPSA) is 73.1 Å². The van der Waals surface area contributed by atoms with Crippen LogP contribution in [0.25, 0.3) is 6.08 Å². The molecule has 2 aromatic rings. The largest absolute Gasteiger partial charge is 0.506 e. The van der Waals surface area contributed by atoms with E-state index in [1.807, 2.05) is 65.1 Å². The Morgan fingerprint density at radius 2 is 1.96 bits per heavy atom. The first-order valence-electron chi connectivity index (χ1n) is 7.63. The van der Waals surface area contributed by atoms with Crippen molar-refractivity contribution in [3.63, 3.8) is 0 Å². The summed E-state index contributed by atoms with van der Waals surface area (Å²) in [6.07, 6.45) is 3.08. The van der Waals surface area contributed by atoms with E-state index in [0.29, 0.717) is 15.7 Å². The van der Waals surface area contributed by atoms with Crippen molar-refractivity contribution in [3.8, 4) is 11.8 Å². The molecule has 1 amide bonds. The van der Waals surface area contributed by atoms with Gasteiger partial charge in [-0.1, -0.05) is 30.3 Å². The van der Waals surface area contributed by atoms with Gasteiger partial charge in [0.1, 0.15) is 17.4 Å².